The van der Waals surface area contributed by atoms with Crippen LogP contribution >= 0.6 is 0 Å². The molecule has 0 aromatic rings. The third-order valence-corrected chi connectivity index (χ3v) is 5.93. The molecule has 3 N–H and O–H groups in total. The second-order valence-corrected chi connectivity index (χ2v) is 6.25. The molecular formula is C13H21NO2. The van der Waals surface area contributed by atoms with Crippen molar-refractivity contribution in [3.63, 3.8) is 0 Å². The van der Waals surface area contributed by atoms with E-state index in [1.54, 1.807) is 0 Å². The Morgan fingerprint density at radius 1 is 1.44 bits per heavy atom. The van der Waals surface area contributed by atoms with E-state index in [2.05, 4.69) is 6.92 Å². The molecule has 0 amide bonds. The number of rotatable bonds is 3. The van der Waals surface area contributed by atoms with Gasteiger partial charge < -0.3 is 10.8 Å². The smallest absolute Gasteiger partial charge is 0.303 e. The molecule has 3 aliphatic rings. The monoisotopic (exact) mass is 223 g/mol. The lowest BCUT2D eigenvalue weighted by Gasteiger charge is -2.57. The molecule has 0 aliphatic heterocycles. The first-order chi connectivity index (χ1) is 7.60. The molecule has 6 atom stereocenters. The summed E-state index contributed by atoms with van der Waals surface area (Å²) in [6.07, 6.45) is 4.06. The summed E-state index contributed by atoms with van der Waals surface area (Å²) in [5.74, 6) is 3.06. The van der Waals surface area contributed by atoms with E-state index >= 15 is 0 Å². The van der Waals surface area contributed by atoms with Crippen LogP contribution in [-0.4, -0.2) is 17.6 Å². The third kappa shape index (κ3) is 1.05. The fourth-order valence-electron chi connectivity index (χ4n) is 5.39. The minimum atomic E-state index is -0.660. The molecule has 90 valence electrons. The number of carbonyl (C=O) groups is 1. The predicted molar refractivity (Wildman–Crippen MR) is 60.7 cm³/mol. The number of nitrogens with two attached hydrogens (primary N) is 1. The van der Waals surface area contributed by atoms with Gasteiger partial charge in [0.25, 0.3) is 0 Å². The van der Waals surface area contributed by atoms with E-state index in [4.69, 9.17) is 10.8 Å². The van der Waals surface area contributed by atoms with Crippen LogP contribution in [0.15, 0.2) is 0 Å². The van der Waals surface area contributed by atoms with Gasteiger partial charge >= 0.3 is 5.97 Å². The average Bonchev–Trinajstić information content (AvgIpc) is 2.73. The molecule has 0 spiro atoms. The molecule has 0 saturated heterocycles. The van der Waals surface area contributed by atoms with Gasteiger partial charge in [0.2, 0.25) is 0 Å². The second kappa shape index (κ2) is 3.22. The van der Waals surface area contributed by atoms with E-state index in [9.17, 15) is 4.79 Å². The van der Waals surface area contributed by atoms with E-state index in [-0.39, 0.29) is 5.41 Å². The Morgan fingerprint density at radius 2 is 2.19 bits per heavy atom. The molecule has 0 aromatic carbocycles. The van der Waals surface area contributed by atoms with Gasteiger partial charge in [0.15, 0.2) is 0 Å². The topological polar surface area (TPSA) is 63.3 Å². The Morgan fingerprint density at radius 3 is 2.81 bits per heavy atom. The molecule has 16 heavy (non-hydrogen) atoms. The summed E-state index contributed by atoms with van der Waals surface area (Å²) in [6.45, 7) is 2.91. The summed E-state index contributed by atoms with van der Waals surface area (Å²) in [5, 5.41) is 9.10. The van der Waals surface area contributed by atoms with Crippen LogP contribution in [-0.2, 0) is 4.79 Å². The van der Waals surface area contributed by atoms with Gasteiger partial charge in [-0.25, -0.2) is 0 Å². The Bertz CT molecular complexity index is 330. The molecule has 3 rings (SSSR count). The first-order valence-electron chi connectivity index (χ1n) is 6.52. The van der Waals surface area contributed by atoms with E-state index in [0.717, 1.165) is 17.8 Å². The summed E-state index contributed by atoms with van der Waals surface area (Å²) in [7, 11) is 0. The van der Waals surface area contributed by atoms with Gasteiger partial charge in [0, 0.05) is 0 Å². The SMILES string of the molecule is CC1C[C@@H]2[C@@H]3C1CC[C@@H]3[C@]2(CN)CC(=O)O. The highest BCUT2D eigenvalue weighted by molar-refractivity contribution is 5.68. The lowest BCUT2D eigenvalue weighted by atomic mass is 9.47. The van der Waals surface area contributed by atoms with Crippen LogP contribution in [0, 0.1) is 35.0 Å². The predicted octanol–water partition coefficient (Wildman–Crippen LogP) is 1.72. The van der Waals surface area contributed by atoms with Crippen LogP contribution in [0.1, 0.15) is 32.6 Å². The van der Waals surface area contributed by atoms with Crippen LogP contribution in [0.3, 0.4) is 0 Å². The first-order valence-corrected chi connectivity index (χ1v) is 6.52. The van der Waals surface area contributed by atoms with Crippen LogP contribution in [0.4, 0.5) is 0 Å². The molecule has 3 nitrogen and oxygen atoms in total. The largest absolute Gasteiger partial charge is 0.481 e. The van der Waals surface area contributed by atoms with E-state index < -0.39 is 5.97 Å². The van der Waals surface area contributed by atoms with Crippen LogP contribution in [0.5, 0.6) is 0 Å². The number of hydrogen-bond acceptors (Lipinski definition) is 2. The molecule has 3 fully saturated rings. The van der Waals surface area contributed by atoms with Gasteiger partial charge in [-0.05, 0) is 60.8 Å². The van der Waals surface area contributed by atoms with Gasteiger partial charge in [0.05, 0.1) is 6.42 Å². The highest BCUT2D eigenvalue weighted by atomic mass is 16.4. The highest BCUT2D eigenvalue weighted by Gasteiger charge is 2.68. The number of carboxylic acids is 1. The molecule has 0 heterocycles. The molecule has 0 bridgehead atoms. The van der Waals surface area contributed by atoms with Crippen molar-refractivity contribution >= 4 is 5.97 Å². The van der Waals surface area contributed by atoms with Crippen LogP contribution in [0.25, 0.3) is 0 Å². The Kier molecular flexibility index (Phi) is 2.13. The summed E-state index contributed by atoms with van der Waals surface area (Å²) < 4.78 is 0. The molecule has 3 saturated carbocycles. The minimum Gasteiger partial charge on any atom is -0.481 e. The number of hydrogen-bond donors (Lipinski definition) is 2. The molecule has 0 radical (unpaired) electrons. The average molecular weight is 223 g/mol. The number of aliphatic carboxylic acids is 1. The lowest BCUT2D eigenvalue weighted by Crippen LogP contribution is -2.58. The number of carboxylic acid groups (broad SMARTS) is 1. The molecule has 3 heteroatoms. The van der Waals surface area contributed by atoms with Crippen molar-refractivity contribution in [2.75, 3.05) is 6.54 Å². The second-order valence-electron chi connectivity index (χ2n) is 6.25. The standard InChI is InChI=1S/C13H21NO2/c1-7-4-10-12-8(7)2-3-9(12)13(10,6-14)5-11(15)16/h7-10,12H,2-6,14H2,1H3,(H,15,16)/t7?,8?,9-,10+,12+,13+/m0/s1. The van der Waals surface area contributed by atoms with Gasteiger partial charge in [0.1, 0.15) is 0 Å². The van der Waals surface area contributed by atoms with Gasteiger partial charge in [-0.2, -0.15) is 0 Å². The normalized spacial score (nSPS) is 53.5. The molecule has 2 unspecified atom stereocenters. The van der Waals surface area contributed by atoms with Crippen molar-refractivity contribution in [2.45, 2.75) is 32.6 Å². The summed E-state index contributed by atoms with van der Waals surface area (Å²) in [4.78, 5) is 11.1. The minimum absolute atomic E-state index is 0.0456. The maximum atomic E-state index is 11.1. The lowest BCUT2D eigenvalue weighted by molar-refractivity contribution is -0.153. The quantitative estimate of drug-likeness (QED) is 0.765. The fourth-order valence-corrected chi connectivity index (χ4v) is 5.39. The van der Waals surface area contributed by atoms with E-state index in [1.807, 2.05) is 0 Å². The van der Waals surface area contributed by atoms with Crippen LogP contribution in [0.2, 0.25) is 0 Å². The third-order valence-electron chi connectivity index (χ3n) is 5.93. The zero-order valence-corrected chi connectivity index (χ0v) is 9.86. The fraction of sp³-hybridized carbons (Fsp3) is 0.923. The van der Waals surface area contributed by atoms with Gasteiger partial charge in [-0.3, -0.25) is 4.79 Å². The van der Waals surface area contributed by atoms with Crippen LogP contribution < -0.4 is 5.73 Å². The van der Waals surface area contributed by atoms with Crippen molar-refractivity contribution in [1.82, 2.24) is 0 Å². The molecule has 0 aromatic heterocycles. The maximum Gasteiger partial charge on any atom is 0.303 e. The Labute approximate surface area is 96.4 Å². The van der Waals surface area contributed by atoms with E-state index in [1.165, 1.54) is 19.3 Å². The first kappa shape index (κ1) is 10.6. The Hall–Kier alpha value is -0.570. The highest BCUT2D eigenvalue weighted by Crippen LogP contribution is 2.72. The molecule has 3 aliphatic carbocycles. The van der Waals surface area contributed by atoms with Gasteiger partial charge in [-0.15, -0.1) is 0 Å². The summed E-state index contributed by atoms with van der Waals surface area (Å²) in [5.41, 5.74) is 5.89. The zero-order valence-electron chi connectivity index (χ0n) is 9.86. The maximum absolute atomic E-state index is 11.1. The zero-order chi connectivity index (χ0) is 11.5. The molecular weight excluding hydrogens is 202 g/mol. The Balaban J connectivity index is 1.89. The van der Waals surface area contributed by atoms with Crippen molar-refractivity contribution in [3.8, 4) is 0 Å². The van der Waals surface area contributed by atoms with Crippen molar-refractivity contribution in [3.05, 3.63) is 0 Å². The van der Waals surface area contributed by atoms with Crippen molar-refractivity contribution < 1.29 is 9.90 Å². The van der Waals surface area contributed by atoms with E-state index in [0.29, 0.717) is 24.8 Å². The summed E-state index contributed by atoms with van der Waals surface area (Å²) in [6, 6.07) is 0. The summed E-state index contributed by atoms with van der Waals surface area (Å²) >= 11 is 0. The van der Waals surface area contributed by atoms with Crippen molar-refractivity contribution in [2.24, 2.45) is 40.7 Å². The van der Waals surface area contributed by atoms with Gasteiger partial charge in [-0.1, -0.05) is 6.92 Å². The van der Waals surface area contributed by atoms with Crippen molar-refractivity contribution in [1.29, 1.82) is 0 Å².